The van der Waals surface area contributed by atoms with E-state index < -0.39 is 0 Å². The fourth-order valence-electron chi connectivity index (χ4n) is 4.83. The molecule has 29 heavy (non-hydrogen) atoms. The molecule has 0 saturated heterocycles. The Hall–Kier alpha value is -2.07. The Morgan fingerprint density at radius 3 is 2.41 bits per heavy atom. The zero-order valence-corrected chi connectivity index (χ0v) is 19.2. The molecule has 3 nitrogen and oxygen atoms in total. The highest BCUT2D eigenvalue weighted by atomic mass is 32.2. The summed E-state index contributed by atoms with van der Waals surface area (Å²) in [5.41, 5.74) is 8.53. The molecule has 1 aromatic carbocycles. The summed E-state index contributed by atoms with van der Waals surface area (Å²) >= 11 is 1.98. The number of allylic oxidation sites excluding steroid dienone is 2. The van der Waals surface area contributed by atoms with E-state index in [1.165, 1.54) is 27.3 Å². The van der Waals surface area contributed by atoms with Crippen LogP contribution in [0.15, 0.2) is 41.3 Å². The maximum absolute atomic E-state index is 5.04. The first-order valence-corrected chi connectivity index (χ1v) is 11.6. The van der Waals surface area contributed by atoms with Crippen molar-refractivity contribution >= 4 is 23.0 Å². The van der Waals surface area contributed by atoms with Crippen LogP contribution in [0.4, 0.5) is 0 Å². The summed E-state index contributed by atoms with van der Waals surface area (Å²) in [6, 6.07) is 13.1. The van der Waals surface area contributed by atoms with Crippen LogP contribution in [0, 0.1) is 19.8 Å². The lowest BCUT2D eigenvalue weighted by atomic mass is 9.90. The molecule has 1 aliphatic rings. The quantitative estimate of drug-likeness (QED) is 0.453. The van der Waals surface area contributed by atoms with Gasteiger partial charge in [0, 0.05) is 16.7 Å². The molecular weight excluding hydrogens is 374 g/mol. The monoisotopic (exact) mass is 405 g/mol. The van der Waals surface area contributed by atoms with E-state index in [0.717, 1.165) is 29.9 Å². The molecule has 0 saturated carbocycles. The molecular formula is C25H31N3S. The SMILES string of the molecule is CCC(CC)c1cc(C)nn2c(C3=C(C)SC(c4ccccc4)C3C)c(C)nc12. The van der Waals surface area contributed by atoms with Crippen molar-refractivity contribution in [1.29, 1.82) is 0 Å². The second kappa shape index (κ2) is 7.98. The first kappa shape index (κ1) is 20.2. The van der Waals surface area contributed by atoms with Crippen LogP contribution in [-0.2, 0) is 0 Å². The van der Waals surface area contributed by atoms with Crippen molar-refractivity contribution in [2.45, 2.75) is 65.6 Å². The Morgan fingerprint density at radius 1 is 1.07 bits per heavy atom. The molecule has 0 aliphatic carbocycles. The molecule has 3 aromatic rings. The van der Waals surface area contributed by atoms with Crippen LogP contribution in [0.5, 0.6) is 0 Å². The van der Waals surface area contributed by atoms with Gasteiger partial charge in [0.25, 0.3) is 0 Å². The average Bonchev–Trinajstić information content (AvgIpc) is 3.18. The minimum absolute atomic E-state index is 0.417. The zero-order chi connectivity index (χ0) is 20.7. The van der Waals surface area contributed by atoms with Gasteiger partial charge in [0.05, 0.1) is 17.1 Å². The third kappa shape index (κ3) is 3.42. The Morgan fingerprint density at radius 2 is 1.76 bits per heavy atom. The van der Waals surface area contributed by atoms with Crippen LogP contribution in [0.3, 0.4) is 0 Å². The van der Waals surface area contributed by atoms with Gasteiger partial charge in [-0.2, -0.15) is 5.10 Å². The van der Waals surface area contributed by atoms with E-state index in [-0.39, 0.29) is 0 Å². The van der Waals surface area contributed by atoms with E-state index in [1.54, 1.807) is 0 Å². The standard InChI is InChI=1S/C25H31N3S/c1-7-19(8-2)21-14-15(3)27-28-23(17(5)26-25(21)28)22-16(4)24(29-18(22)6)20-12-10-9-11-13-20/h9-14,16,19,24H,7-8H2,1-6H3. The minimum Gasteiger partial charge on any atom is -0.231 e. The van der Waals surface area contributed by atoms with Gasteiger partial charge >= 0.3 is 0 Å². The fourth-order valence-corrected chi connectivity index (χ4v) is 6.25. The number of aromatic nitrogens is 3. The second-order valence-corrected chi connectivity index (χ2v) is 9.60. The number of aryl methyl sites for hydroxylation is 2. The summed E-state index contributed by atoms with van der Waals surface area (Å²) in [6.07, 6.45) is 2.25. The van der Waals surface area contributed by atoms with Gasteiger partial charge in [0.1, 0.15) is 0 Å². The van der Waals surface area contributed by atoms with Crippen LogP contribution < -0.4 is 0 Å². The lowest BCUT2D eigenvalue weighted by Gasteiger charge is -2.19. The van der Waals surface area contributed by atoms with E-state index in [9.17, 15) is 0 Å². The van der Waals surface area contributed by atoms with Gasteiger partial charge in [0.2, 0.25) is 0 Å². The summed E-state index contributed by atoms with van der Waals surface area (Å²) in [5.74, 6) is 0.941. The van der Waals surface area contributed by atoms with E-state index in [1.807, 2.05) is 11.8 Å². The molecule has 0 fully saturated rings. The number of nitrogens with zero attached hydrogens (tertiary/aromatic N) is 3. The molecule has 0 amide bonds. The molecule has 2 unspecified atom stereocenters. The highest BCUT2D eigenvalue weighted by Gasteiger charge is 2.35. The largest absolute Gasteiger partial charge is 0.231 e. The van der Waals surface area contributed by atoms with Gasteiger partial charge in [-0.15, -0.1) is 11.8 Å². The van der Waals surface area contributed by atoms with Crippen molar-refractivity contribution in [2.75, 3.05) is 0 Å². The number of fused-ring (bicyclic) bond motifs is 1. The number of hydrogen-bond acceptors (Lipinski definition) is 3. The molecule has 2 aromatic heterocycles. The van der Waals surface area contributed by atoms with Gasteiger partial charge in [-0.1, -0.05) is 51.1 Å². The van der Waals surface area contributed by atoms with Gasteiger partial charge in [-0.25, -0.2) is 9.50 Å². The van der Waals surface area contributed by atoms with Crippen molar-refractivity contribution in [1.82, 2.24) is 14.6 Å². The first-order chi connectivity index (χ1) is 14.0. The maximum atomic E-state index is 5.04. The number of rotatable bonds is 5. The predicted octanol–water partition coefficient (Wildman–Crippen LogP) is 7.10. The first-order valence-electron chi connectivity index (χ1n) is 10.8. The fraction of sp³-hybridized carbons (Fsp3) is 0.440. The Labute approximate surface area is 178 Å². The summed E-state index contributed by atoms with van der Waals surface area (Å²) in [5, 5.41) is 5.37. The summed E-state index contributed by atoms with van der Waals surface area (Å²) < 4.78 is 2.14. The number of thioether (sulfide) groups is 1. The van der Waals surface area contributed by atoms with Crippen molar-refractivity contribution in [3.05, 3.63) is 69.5 Å². The molecule has 0 N–H and O–H groups in total. The molecule has 0 spiro atoms. The summed E-state index contributed by atoms with van der Waals surface area (Å²) in [7, 11) is 0. The lowest BCUT2D eigenvalue weighted by molar-refractivity contribution is 0.637. The number of benzene rings is 1. The average molecular weight is 406 g/mol. The second-order valence-electron chi connectivity index (χ2n) is 8.24. The van der Waals surface area contributed by atoms with Crippen LogP contribution in [-0.4, -0.2) is 14.6 Å². The van der Waals surface area contributed by atoms with Crippen molar-refractivity contribution in [2.24, 2.45) is 5.92 Å². The van der Waals surface area contributed by atoms with E-state index in [4.69, 9.17) is 10.1 Å². The Balaban J connectivity index is 1.86. The smallest absolute Gasteiger partial charge is 0.157 e. The molecule has 4 rings (SSSR count). The highest BCUT2D eigenvalue weighted by molar-refractivity contribution is 8.03. The van der Waals surface area contributed by atoms with Gasteiger partial charge in [-0.05, 0) is 61.6 Å². The number of hydrogen-bond donors (Lipinski definition) is 0. The third-order valence-corrected chi connectivity index (χ3v) is 7.82. The van der Waals surface area contributed by atoms with Crippen molar-refractivity contribution in [3.63, 3.8) is 0 Å². The normalized spacial score (nSPS) is 19.7. The predicted molar refractivity (Wildman–Crippen MR) is 124 cm³/mol. The van der Waals surface area contributed by atoms with Gasteiger partial charge in [-0.3, -0.25) is 0 Å². The van der Waals surface area contributed by atoms with Gasteiger partial charge in [0.15, 0.2) is 5.65 Å². The van der Waals surface area contributed by atoms with Crippen molar-refractivity contribution in [3.8, 4) is 0 Å². The molecule has 1 aliphatic heterocycles. The molecule has 0 radical (unpaired) electrons. The molecule has 152 valence electrons. The molecule has 3 heterocycles. The minimum atomic E-state index is 0.417. The van der Waals surface area contributed by atoms with Gasteiger partial charge < -0.3 is 0 Å². The maximum Gasteiger partial charge on any atom is 0.157 e. The Bertz CT molecular complexity index is 1060. The topological polar surface area (TPSA) is 30.2 Å². The lowest BCUT2D eigenvalue weighted by Crippen LogP contribution is -2.09. The van der Waals surface area contributed by atoms with E-state index in [2.05, 4.69) is 82.5 Å². The van der Waals surface area contributed by atoms with Crippen LogP contribution in [0.25, 0.3) is 11.2 Å². The molecule has 4 heteroatoms. The zero-order valence-electron chi connectivity index (χ0n) is 18.4. The van der Waals surface area contributed by atoms with E-state index >= 15 is 0 Å². The third-order valence-electron chi connectivity index (χ3n) is 6.31. The van der Waals surface area contributed by atoms with Crippen molar-refractivity contribution < 1.29 is 0 Å². The summed E-state index contributed by atoms with van der Waals surface area (Å²) in [6.45, 7) is 13.4. The van der Waals surface area contributed by atoms with Crippen LogP contribution in [0.1, 0.15) is 79.9 Å². The van der Waals surface area contributed by atoms with Crippen LogP contribution >= 0.6 is 11.8 Å². The Kier molecular flexibility index (Phi) is 5.56. The molecule has 2 atom stereocenters. The van der Waals surface area contributed by atoms with Crippen LogP contribution in [0.2, 0.25) is 0 Å². The highest BCUT2D eigenvalue weighted by Crippen LogP contribution is 2.55. The van der Waals surface area contributed by atoms with E-state index in [0.29, 0.717) is 17.1 Å². The summed E-state index contributed by atoms with van der Waals surface area (Å²) in [4.78, 5) is 6.43. The molecule has 0 bridgehead atoms. The number of imidazole rings is 1.